The molecule has 1 aromatic heterocycles. The third-order valence-corrected chi connectivity index (χ3v) is 3.71. The molecule has 3 N–H and O–H groups in total. The van der Waals surface area contributed by atoms with Crippen LogP contribution in [0, 0.1) is 0 Å². The highest BCUT2D eigenvalue weighted by atomic mass is 19.4. The van der Waals surface area contributed by atoms with Crippen LogP contribution in [0.2, 0.25) is 0 Å². The predicted octanol–water partition coefficient (Wildman–Crippen LogP) is 3.04. The third kappa shape index (κ3) is 4.88. The average molecular weight is 353 g/mol. The van der Waals surface area contributed by atoms with Gasteiger partial charge < -0.3 is 20.4 Å². The number of nitrogens with zero attached hydrogens (tertiary/aromatic N) is 3. The van der Waals surface area contributed by atoms with Crippen LogP contribution < -0.4 is 15.8 Å². The molecule has 1 aliphatic heterocycles. The largest absolute Gasteiger partial charge is 0.573 e. The van der Waals surface area contributed by atoms with Crippen LogP contribution in [0.25, 0.3) is 0 Å². The molecule has 3 rings (SSSR count). The minimum Gasteiger partial charge on any atom is -0.406 e. The van der Waals surface area contributed by atoms with E-state index < -0.39 is 6.36 Å². The first-order chi connectivity index (χ1) is 11.9. The van der Waals surface area contributed by atoms with Gasteiger partial charge in [0.05, 0.1) is 12.2 Å². The zero-order valence-electron chi connectivity index (χ0n) is 13.4. The summed E-state index contributed by atoms with van der Waals surface area (Å²) in [5.74, 6) is 0.821. The minimum absolute atomic E-state index is 0.0927. The molecule has 1 aliphatic rings. The maximum Gasteiger partial charge on any atom is 0.573 e. The van der Waals surface area contributed by atoms with Crippen molar-refractivity contribution in [2.75, 3.05) is 5.32 Å². The molecule has 9 heteroatoms. The maximum atomic E-state index is 12.2. The predicted molar refractivity (Wildman–Crippen MR) is 87.2 cm³/mol. The van der Waals surface area contributed by atoms with Crippen LogP contribution in [0.3, 0.4) is 0 Å². The van der Waals surface area contributed by atoms with Gasteiger partial charge in [-0.3, -0.25) is 0 Å². The first-order valence-electron chi connectivity index (χ1n) is 7.87. The summed E-state index contributed by atoms with van der Waals surface area (Å²) in [6, 6.07) is 5.41. The second kappa shape index (κ2) is 7.04. The van der Waals surface area contributed by atoms with Crippen LogP contribution >= 0.6 is 0 Å². The molecule has 2 heterocycles. The molecule has 134 valence electrons. The fourth-order valence-electron chi connectivity index (χ4n) is 2.67. The highest BCUT2D eigenvalue weighted by Crippen LogP contribution is 2.25. The number of fused-ring (bicyclic) bond motifs is 1. The van der Waals surface area contributed by atoms with Crippen LogP contribution in [0.1, 0.15) is 24.4 Å². The SMILES string of the molecule is NC(=NCc1cn2c(n1)CCCC2)Nc1cccc(OC(F)(F)F)c1. The summed E-state index contributed by atoms with van der Waals surface area (Å²) in [6.07, 6.45) is 0.469. The quantitative estimate of drug-likeness (QED) is 0.654. The van der Waals surface area contributed by atoms with Crippen molar-refractivity contribution in [1.29, 1.82) is 0 Å². The van der Waals surface area contributed by atoms with Gasteiger partial charge in [-0.2, -0.15) is 0 Å². The first-order valence-corrected chi connectivity index (χ1v) is 7.87. The molecule has 0 atom stereocenters. The lowest BCUT2D eigenvalue weighted by Crippen LogP contribution is -2.23. The normalized spacial score (nSPS) is 14.9. The van der Waals surface area contributed by atoms with Crippen LogP contribution in [0.4, 0.5) is 18.9 Å². The molecule has 6 nitrogen and oxygen atoms in total. The number of nitrogens with one attached hydrogen (secondary N) is 1. The first kappa shape index (κ1) is 17.1. The van der Waals surface area contributed by atoms with Gasteiger partial charge in [-0.1, -0.05) is 6.07 Å². The number of rotatable bonds is 4. The summed E-state index contributed by atoms with van der Waals surface area (Å²) >= 11 is 0. The standard InChI is InChI=1S/C16H18F3N5O/c17-16(18,19)25-13-5-3-4-11(8-13)23-15(20)21-9-12-10-24-7-2-1-6-14(24)22-12/h3-5,8,10H,1-2,6-7,9H2,(H3,20,21,23). The van der Waals surface area contributed by atoms with Gasteiger partial charge in [0.25, 0.3) is 0 Å². The number of aliphatic imine (C=N–C) groups is 1. The van der Waals surface area contributed by atoms with E-state index in [-0.39, 0.29) is 11.7 Å². The molecule has 0 bridgehead atoms. The Bertz CT molecular complexity index is 746. The molecule has 0 spiro atoms. The topological polar surface area (TPSA) is 77.5 Å². The number of guanidine groups is 1. The number of halogens is 3. The molecule has 25 heavy (non-hydrogen) atoms. The van der Waals surface area contributed by atoms with E-state index in [1.807, 2.05) is 6.20 Å². The summed E-state index contributed by atoms with van der Waals surface area (Å²) in [7, 11) is 0. The lowest BCUT2D eigenvalue weighted by Gasteiger charge is -2.11. The zero-order valence-corrected chi connectivity index (χ0v) is 13.4. The van der Waals surface area contributed by atoms with Crippen LogP contribution in [0.15, 0.2) is 35.5 Å². The van der Waals surface area contributed by atoms with E-state index in [0.29, 0.717) is 12.2 Å². The van der Waals surface area contributed by atoms with Crippen molar-refractivity contribution in [3.63, 3.8) is 0 Å². The van der Waals surface area contributed by atoms with Gasteiger partial charge >= 0.3 is 6.36 Å². The lowest BCUT2D eigenvalue weighted by molar-refractivity contribution is -0.274. The molecule has 0 fully saturated rings. The van der Waals surface area contributed by atoms with Gasteiger partial charge in [-0.25, -0.2) is 9.98 Å². The Kier molecular flexibility index (Phi) is 4.82. The van der Waals surface area contributed by atoms with Gasteiger partial charge in [-0.05, 0) is 25.0 Å². The zero-order chi connectivity index (χ0) is 17.9. The number of aryl methyl sites for hydroxylation is 2. The van der Waals surface area contributed by atoms with E-state index in [1.54, 1.807) is 6.07 Å². The number of ether oxygens (including phenoxy) is 1. The van der Waals surface area contributed by atoms with Gasteiger partial charge in [0.1, 0.15) is 11.6 Å². The molecule has 0 aliphatic carbocycles. The van der Waals surface area contributed by atoms with Crippen molar-refractivity contribution >= 4 is 11.6 Å². The molecular weight excluding hydrogens is 335 g/mol. The Morgan fingerprint density at radius 3 is 2.96 bits per heavy atom. The van der Waals surface area contributed by atoms with Crippen LogP contribution in [-0.4, -0.2) is 21.9 Å². The second-order valence-electron chi connectivity index (χ2n) is 5.70. The molecule has 2 aromatic rings. The number of aromatic nitrogens is 2. The van der Waals surface area contributed by atoms with E-state index in [2.05, 4.69) is 24.6 Å². The van der Waals surface area contributed by atoms with E-state index in [9.17, 15) is 13.2 Å². The smallest absolute Gasteiger partial charge is 0.406 e. The lowest BCUT2D eigenvalue weighted by atomic mass is 10.2. The molecule has 1 aromatic carbocycles. The summed E-state index contributed by atoms with van der Waals surface area (Å²) < 4.78 is 42.7. The molecule has 0 saturated carbocycles. The fraction of sp³-hybridized carbons (Fsp3) is 0.375. The Balaban J connectivity index is 1.61. The molecule has 0 unspecified atom stereocenters. The fourth-order valence-corrected chi connectivity index (χ4v) is 2.67. The highest BCUT2D eigenvalue weighted by molar-refractivity contribution is 5.92. The van der Waals surface area contributed by atoms with Gasteiger partial charge in [0.2, 0.25) is 0 Å². The maximum absolute atomic E-state index is 12.2. The van der Waals surface area contributed by atoms with E-state index in [1.165, 1.54) is 18.2 Å². The van der Waals surface area contributed by atoms with Crippen molar-refractivity contribution in [1.82, 2.24) is 9.55 Å². The summed E-state index contributed by atoms with van der Waals surface area (Å²) in [6.45, 7) is 1.27. The van der Waals surface area contributed by atoms with Crippen molar-refractivity contribution in [2.45, 2.75) is 38.7 Å². The number of imidazole rings is 1. The Morgan fingerprint density at radius 2 is 2.20 bits per heavy atom. The molecular formula is C16H18F3N5O. The Labute approximate surface area is 142 Å². The number of benzene rings is 1. The molecule has 0 saturated heterocycles. The number of nitrogens with two attached hydrogens (primary N) is 1. The Hall–Kier alpha value is -2.71. The van der Waals surface area contributed by atoms with E-state index in [0.717, 1.165) is 37.3 Å². The second-order valence-corrected chi connectivity index (χ2v) is 5.70. The van der Waals surface area contributed by atoms with Gasteiger partial charge in [0, 0.05) is 30.9 Å². The Morgan fingerprint density at radius 1 is 1.36 bits per heavy atom. The van der Waals surface area contributed by atoms with Crippen molar-refractivity contribution in [3.05, 3.63) is 42.0 Å². The summed E-state index contributed by atoms with van der Waals surface area (Å²) in [5, 5.41) is 2.75. The number of anilines is 1. The van der Waals surface area contributed by atoms with Crippen molar-refractivity contribution < 1.29 is 17.9 Å². The number of hydrogen-bond acceptors (Lipinski definition) is 3. The minimum atomic E-state index is -4.74. The molecule has 0 radical (unpaired) electrons. The summed E-state index contributed by atoms with van der Waals surface area (Å²) in [4.78, 5) is 8.69. The number of alkyl halides is 3. The number of hydrogen-bond donors (Lipinski definition) is 2. The third-order valence-electron chi connectivity index (χ3n) is 3.71. The van der Waals surface area contributed by atoms with E-state index >= 15 is 0 Å². The van der Waals surface area contributed by atoms with Crippen LogP contribution in [0.5, 0.6) is 5.75 Å². The van der Waals surface area contributed by atoms with E-state index in [4.69, 9.17) is 5.73 Å². The van der Waals surface area contributed by atoms with Crippen LogP contribution in [-0.2, 0) is 19.5 Å². The van der Waals surface area contributed by atoms with Gasteiger partial charge in [-0.15, -0.1) is 13.2 Å². The molecule has 0 amide bonds. The average Bonchev–Trinajstić information content (AvgIpc) is 2.94. The van der Waals surface area contributed by atoms with Crippen molar-refractivity contribution in [2.24, 2.45) is 10.7 Å². The monoisotopic (exact) mass is 353 g/mol. The van der Waals surface area contributed by atoms with Gasteiger partial charge in [0.15, 0.2) is 5.96 Å². The van der Waals surface area contributed by atoms with Crippen molar-refractivity contribution in [3.8, 4) is 5.75 Å². The highest BCUT2D eigenvalue weighted by Gasteiger charge is 2.31. The summed E-state index contributed by atoms with van der Waals surface area (Å²) in [5.41, 5.74) is 6.96.